The Labute approximate surface area is 186 Å². The maximum Gasteiger partial charge on any atom is 0.255 e. The van der Waals surface area contributed by atoms with Gasteiger partial charge in [-0.1, -0.05) is 36.4 Å². The standard InChI is InChI=1S/C25H21N3O3S/c1-17-6-7-20(24-22-5-3-2-4-18(22)12-13-26-24)16-23(17)27-25(29)19-8-10-21(11-9-19)28-14-15-32(28,30)31/h2-13,16H,14-15H2,1H3,(H,27,29). The summed E-state index contributed by atoms with van der Waals surface area (Å²) in [6.07, 6.45) is 1.79. The molecule has 1 aromatic heterocycles. The first kappa shape index (κ1) is 20.2. The van der Waals surface area contributed by atoms with E-state index in [1.54, 1.807) is 30.5 Å². The predicted octanol–water partition coefficient (Wildman–Crippen LogP) is 4.61. The number of carbonyl (C=O) groups is 1. The molecule has 3 aromatic carbocycles. The Morgan fingerprint density at radius 3 is 2.50 bits per heavy atom. The average Bonchev–Trinajstić information content (AvgIpc) is 2.80. The number of benzene rings is 3. The fraction of sp³-hybridized carbons (Fsp3) is 0.120. The van der Waals surface area contributed by atoms with Crippen molar-refractivity contribution in [2.75, 3.05) is 21.9 Å². The summed E-state index contributed by atoms with van der Waals surface area (Å²) in [5.74, 6) is -0.0923. The smallest absolute Gasteiger partial charge is 0.255 e. The number of pyridine rings is 1. The van der Waals surface area contributed by atoms with Crippen LogP contribution in [0.3, 0.4) is 0 Å². The third-order valence-electron chi connectivity index (χ3n) is 5.74. The predicted molar refractivity (Wildman–Crippen MR) is 127 cm³/mol. The minimum atomic E-state index is -3.18. The van der Waals surface area contributed by atoms with Gasteiger partial charge in [0.25, 0.3) is 5.91 Å². The van der Waals surface area contributed by atoms with Gasteiger partial charge in [-0.3, -0.25) is 14.1 Å². The summed E-state index contributed by atoms with van der Waals surface area (Å²) in [4.78, 5) is 17.4. The largest absolute Gasteiger partial charge is 0.322 e. The van der Waals surface area contributed by atoms with E-state index in [2.05, 4.69) is 10.3 Å². The van der Waals surface area contributed by atoms with Gasteiger partial charge in [-0.05, 0) is 54.3 Å². The van der Waals surface area contributed by atoms with Gasteiger partial charge in [0, 0.05) is 34.9 Å². The molecule has 1 N–H and O–H groups in total. The molecule has 1 fully saturated rings. The van der Waals surface area contributed by atoms with Crippen LogP contribution in [0.25, 0.3) is 22.0 Å². The molecule has 0 saturated carbocycles. The van der Waals surface area contributed by atoms with Crippen molar-refractivity contribution >= 4 is 38.1 Å². The van der Waals surface area contributed by atoms with Gasteiger partial charge in [-0.25, -0.2) is 8.42 Å². The molecule has 0 aliphatic carbocycles. The van der Waals surface area contributed by atoms with Crippen LogP contribution < -0.4 is 9.62 Å². The van der Waals surface area contributed by atoms with Crippen LogP contribution in [0.4, 0.5) is 11.4 Å². The Bertz CT molecular complexity index is 1440. The number of nitrogens with zero attached hydrogens (tertiary/aromatic N) is 2. The third-order valence-corrected chi connectivity index (χ3v) is 7.50. The second-order valence-electron chi connectivity index (χ2n) is 7.80. The molecule has 1 aliphatic heterocycles. The van der Waals surface area contributed by atoms with Gasteiger partial charge in [0.15, 0.2) is 0 Å². The molecule has 0 bridgehead atoms. The number of aryl methyl sites for hydroxylation is 1. The van der Waals surface area contributed by atoms with Crippen LogP contribution in [0.1, 0.15) is 15.9 Å². The van der Waals surface area contributed by atoms with E-state index in [-0.39, 0.29) is 11.7 Å². The van der Waals surface area contributed by atoms with Crippen LogP contribution in [-0.4, -0.2) is 31.6 Å². The van der Waals surface area contributed by atoms with Crippen LogP contribution in [-0.2, 0) is 10.0 Å². The molecule has 0 radical (unpaired) electrons. The van der Waals surface area contributed by atoms with Crippen LogP contribution >= 0.6 is 0 Å². The maximum atomic E-state index is 12.9. The number of fused-ring (bicyclic) bond motifs is 1. The van der Waals surface area contributed by atoms with Crippen molar-refractivity contribution in [3.63, 3.8) is 0 Å². The lowest BCUT2D eigenvalue weighted by molar-refractivity contribution is 0.102. The lowest BCUT2D eigenvalue weighted by Crippen LogP contribution is -2.47. The molecule has 0 atom stereocenters. The Morgan fingerprint density at radius 2 is 1.78 bits per heavy atom. The molecule has 7 heteroatoms. The van der Waals surface area contributed by atoms with Gasteiger partial charge < -0.3 is 5.32 Å². The van der Waals surface area contributed by atoms with Crippen molar-refractivity contribution in [2.45, 2.75) is 6.92 Å². The number of carbonyl (C=O) groups excluding carboxylic acids is 1. The quantitative estimate of drug-likeness (QED) is 0.499. The molecule has 0 spiro atoms. The molecule has 5 rings (SSSR count). The fourth-order valence-corrected chi connectivity index (χ4v) is 4.95. The van der Waals surface area contributed by atoms with Gasteiger partial charge in [-0.15, -0.1) is 0 Å². The minimum Gasteiger partial charge on any atom is -0.322 e. The molecule has 32 heavy (non-hydrogen) atoms. The second-order valence-corrected chi connectivity index (χ2v) is 9.81. The maximum absolute atomic E-state index is 12.9. The zero-order valence-corrected chi connectivity index (χ0v) is 18.3. The molecule has 1 saturated heterocycles. The van der Waals surface area contributed by atoms with Gasteiger partial charge in [-0.2, -0.15) is 0 Å². The number of amides is 1. The number of aromatic nitrogens is 1. The van der Waals surface area contributed by atoms with Crippen LogP contribution in [0.2, 0.25) is 0 Å². The van der Waals surface area contributed by atoms with Gasteiger partial charge in [0.1, 0.15) is 0 Å². The van der Waals surface area contributed by atoms with E-state index in [0.717, 1.165) is 27.6 Å². The Balaban J connectivity index is 1.41. The highest BCUT2D eigenvalue weighted by Gasteiger charge is 2.32. The summed E-state index contributed by atoms with van der Waals surface area (Å²) >= 11 is 0. The minimum absolute atomic E-state index is 0.163. The number of hydrogen-bond donors (Lipinski definition) is 1. The molecule has 1 aliphatic rings. The second kappa shape index (κ2) is 7.76. The Hall–Kier alpha value is -3.71. The normalized spacial score (nSPS) is 14.7. The van der Waals surface area contributed by atoms with Crippen LogP contribution in [0, 0.1) is 6.92 Å². The van der Waals surface area contributed by atoms with Gasteiger partial charge in [0.2, 0.25) is 10.0 Å². The van der Waals surface area contributed by atoms with E-state index >= 15 is 0 Å². The summed E-state index contributed by atoms with van der Waals surface area (Å²) < 4.78 is 24.9. The monoisotopic (exact) mass is 443 g/mol. The molecule has 6 nitrogen and oxygen atoms in total. The summed E-state index contributed by atoms with van der Waals surface area (Å²) in [5.41, 5.74) is 4.45. The SMILES string of the molecule is Cc1ccc(-c2nccc3ccccc23)cc1NC(=O)c1ccc(N2CCS2(=O)=O)cc1. The number of hydrogen-bond acceptors (Lipinski definition) is 4. The number of rotatable bonds is 4. The molecule has 160 valence electrons. The molecule has 2 heterocycles. The summed E-state index contributed by atoms with van der Waals surface area (Å²) in [7, 11) is -3.18. The van der Waals surface area contributed by atoms with Crippen molar-refractivity contribution in [3.05, 3.63) is 90.1 Å². The van der Waals surface area contributed by atoms with Crippen molar-refractivity contribution in [2.24, 2.45) is 0 Å². The number of nitrogens with one attached hydrogen (secondary N) is 1. The molecular formula is C25H21N3O3S. The zero-order chi connectivity index (χ0) is 22.3. The lowest BCUT2D eigenvalue weighted by atomic mass is 10.0. The van der Waals surface area contributed by atoms with E-state index in [0.29, 0.717) is 23.5 Å². The number of anilines is 2. The molecule has 0 unspecified atom stereocenters. The van der Waals surface area contributed by atoms with E-state index in [9.17, 15) is 13.2 Å². The Kier molecular flexibility index (Phi) is 4.90. The highest BCUT2D eigenvalue weighted by molar-refractivity contribution is 7.94. The molecule has 1 amide bonds. The van der Waals surface area contributed by atoms with Gasteiger partial charge >= 0.3 is 0 Å². The third kappa shape index (κ3) is 3.61. The van der Waals surface area contributed by atoms with E-state index in [1.165, 1.54) is 4.31 Å². The van der Waals surface area contributed by atoms with Crippen molar-refractivity contribution in [3.8, 4) is 11.3 Å². The lowest BCUT2D eigenvalue weighted by Gasteiger charge is -2.32. The highest BCUT2D eigenvalue weighted by atomic mass is 32.2. The first-order chi connectivity index (χ1) is 15.4. The summed E-state index contributed by atoms with van der Waals surface area (Å²) in [6.45, 7) is 2.41. The highest BCUT2D eigenvalue weighted by Crippen LogP contribution is 2.30. The summed E-state index contributed by atoms with van der Waals surface area (Å²) in [6, 6.07) is 22.6. The van der Waals surface area contributed by atoms with E-state index in [1.807, 2.05) is 55.5 Å². The average molecular weight is 444 g/mol. The molecule has 4 aromatic rings. The van der Waals surface area contributed by atoms with E-state index in [4.69, 9.17) is 0 Å². The summed E-state index contributed by atoms with van der Waals surface area (Å²) in [5, 5.41) is 5.13. The zero-order valence-electron chi connectivity index (χ0n) is 17.4. The van der Waals surface area contributed by atoms with Crippen LogP contribution in [0.15, 0.2) is 79.0 Å². The van der Waals surface area contributed by atoms with Gasteiger partial charge in [0.05, 0.1) is 17.1 Å². The molecular weight excluding hydrogens is 422 g/mol. The van der Waals surface area contributed by atoms with E-state index < -0.39 is 10.0 Å². The first-order valence-corrected chi connectivity index (χ1v) is 11.9. The van der Waals surface area contributed by atoms with Crippen molar-refractivity contribution < 1.29 is 13.2 Å². The first-order valence-electron chi connectivity index (χ1n) is 10.3. The number of sulfonamides is 1. The van der Waals surface area contributed by atoms with Crippen molar-refractivity contribution in [1.82, 2.24) is 4.98 Å². The van der Waals surface area contributed by atoms with Crippen LogP contribution in [0.5, 0.6) is 0 Å². The Morgan fingerprint density at radius 1 is 1.00 bits per heavy atom. The van der Waals surface area contributed by atoms with Crippen molar-refractivity contribution in [1.29, 1.82) is 0 Å². The topological polar surface area (TPSA) is 79.4 Å². The fourth-order valence-electron chi connectivity index (χ4n) is 3.85.